The van der Waals surface area contributed by atoms with Crippen molar-refractivity contribution < 1.29 is 9.53 Å². The molecule has 34 heavy (non-hydrogen) atoms. The predicted molar refractivity (Wildman–Crippen MR) is 134 cm³/mol. The Bertz CT molecular complexity index is 1310. The summed E-state index contributed by atoms with van der Waals surface area (Å²) in [6, 6.07) is 9.81. The highest BCUT2D eigenvalue weighted by atomic mass is 16.5. The molecule has 1 amide bonds. The van der Waals surface area contributed by atoms with Gasteiger partial charge < -0.3 is 15.0 Å². The van der Waals surface area contributed by atoms with Crippen LogP contribution < -0.4 is 15.0 Å². The largest absolute Gasteiger partial charge is 0.477 e. The topological polar surface area (TPSA) is 84.6 Å². The number of hydrogen-bond acceptors (Lipinski definition) is 6. The Labute approximate surface area is 199 Å². The van der Waals surface area contributed by atoms with Gasteiger partial charge in [-0.1, -0.05) is 13.0 Å². The third-order valence-corrected chi connectivity index (χ3v) is 6.35. The molecule has 8 heteroatoms. The quantitative estimate of drug-likeness (QED) is 0.528. The molecule has 2 aromatic heterocycles. The van der Waals surface area contributed by atoms with Gasteiger partial charge in [-0.2, -0.15) is 10.1 Å². The number of aryl methyl sites for hydroxylation is 4. The first-order valence-electron chi connectivity index (χ1n) is 11.7. The normalized spacial score (nSPS) is 19.6. The van der Waals surface area contributed by atoms with Crippen LogP contribution in [0.5, 0.6) is 5.88 Å². The minimum Gasteiger partial charge on any atom is -0.477 e. The first-order valence-corrected chi connectivity index (χ1v) is 11.7. The van der Waals surface area contributed by atoms with Gasteiger partial charge in [-0.25, -0.2) is 4.68 Å². The highest BCUT2D eigenvalue weighted by Gasteiger charge is 2.28. The lowest BCUT2D eigenvalue weighted by atomic mass is 10.0. The maximum Gasteiger partial charge on any atom is 0.280 e. The molecule has 4 heterocycles. The van der Waals surface area contributed by atoms with Gasteiger partial charge in [0.05, 0.1) is 34.9 Å². The van der Waals surface area contributed by atoms with Crippen molar-refractivity contribution in [3.8, 4) is 17.1 Å². The minimum atomic E-state index is -0.310. The van der Waals surface area contributed by atoms with Crippen LogP contribution in [0.4, 0.5) is 11.4 Å². The predicted octanol–water partition coefficient (Wildman–Crippen LogP) is 4.64. The summed E-state index contributed by atoms with van der Waals surface area (Å²) in [5.74, 6) is 1.31. The maximum absolute atomic E-state index is 13.4. The van der Waals surface area contributed by atoms with Crippen LogP contribution in [0.25, 0.3) is 11.3 Å². The number of nitrogens with zero attached hydrogens (tertiary/aromatic N) is 5. The first kappa shape index (κ1) is 22.1. The molecule has 0 saturated heterocycles. The number of pyridine rings is 1. The van der Waals surface area contributed by atoms with Crippen molar-refractivity contribution in [2.45, 2.75) is 40.5 Å². The van der Waals surface area contributed by atoms with Crippen LogP contribution in [0.3, 0.4) is 0 Å². The second-order valence-electron chi connectivity index (χ2n) is 9.36. The summed E-state index contributed by atoms with van der Waals surface area (Å²) in [4.78, 5) is 24.7. The summed E-state index contributed by atoms with van der Waals surface area (Å²) >= 11 is 0. The van der Waals surface area contributed by atoms with Gasteiger partial charge in [-0.05, 0) is 69.4 Å². The van der Waals surface area contributed by atoms with Crippen molar-refractivity contribution in [3.63, 3.8) is 0 Å². The zero-order chi connectivity index (χ0) is 24.0. The molecule has 0 fully saturated rings. The summed E-state index contributed by atoms with van der Waals surface area (Å²) in [5, 5.41) is 7.91. The van der Waals surface area contributed by atoms with Crippen molar-refractivity contribution >= 4 is 23.2 Å². The van der Waals surface area contributed by atoms with Crippen molar-refractivity contribution in [1.29, 1.82) is 0 Å². The second-order valence-corrected chi connectivity index (χ2v) is 9.36. The Hall–Kier alpha value is -3.68. The van der Waals surface area contributed by atoms with Crippen molar-refractivity contribution in [1.82, 2.24) is 14.8 Å². The van der Waals surface area contributed by atoms with Gasteiger partial charge in [0, 0.05) is 24.8 Å². The fourth-order valence-electron chi connectivity index (χ4n) is 4.73. The van der Waals surface area contributed by atoms with Gasteiger partial charge in [0.15, 0.2) is 0 Å². The number of amides is 1. The van der Waals surface area contributed by atoms with Crippen LogP contribution in [-0.2, 0) is 7.05 Å². The average Bonchev–Trinajstić information content (AvgIpc) is 3.25. The number of guanidine groups is 1. The van der Waals surface area contributed by atoms with Gasteiger partial charge in [0.25, 0.3) is 5.91 Å². The number of aliphatic imine (C=N–C) groups is 1. The summed E-state index contributed by atoms with van der Waals surface area (Å²) < 4.78 is 7.95. The second kappa shape index (κ2) is 8.59. The number of benzene rings is 1. The number of fused-ring (bicyclic) bond motifs is 7. The molecular weight excluding hydrogens is 428 g/mol. The molecule has 0 spiro atoms. The van der Waals surface area contributed by atoms with Crippen molar-refractivity contribution in [2.24, 2.45) is 18.0 Å². The highest BCUT2D eigenvalue weighted by Crippen LogP contribution is 2.36. The van der Waals surface area contributed by atoms with Crippen LogP contribution in [-0.4, -0.2) is 39.8 Å². The average molecular weight is 459 g/mol. The van der Waals surface area contributed by atoms with Crippen LogP contribution in [0, 0.1) is 26.7 Å². The fourth-order valence-corrected chi connectivity index (χ4v) is 4.73. The van der Waals surface area contributed by atoms with Gasteiger partial charge in [-0.15, -0.1) is 0 Å². The Kier molecular flexibility index (Phi) is 5.59. The van der Waals surface area contributed by atoms with E-state index in [-0.39, 0.29) is 5.91 Å². The molecule has 3 aromatic rings. The van der Waals surface area contributed by atoms with Crippen LogP contribution in [0.15, 0.2) is 35.3 Å². The van der Waals surface area contributed by atoms with Gasteiger partial charge in [-0.3, -0.25) is 9.78 Å². The Balaban J connectivity index is 1.62. The summed E-state index contributed by atoms with van der Waals surface area (Å²) in [5.41, 5.74) is 6.72. The van der Waals surface area contributed by atoms with E-state index < -0.39 is 0 Å². The van der Waals surface area contributed by atoms with E-state index in [9.17, 15) is 4.79 Å². The summed E-state index contributed by atoms with van der Waals surface area (Å²) in [6.07, 6.45) is 1.89. The molecule has 0 radical (unpaired) electrons. The number of ether oxygens (including phenoxy) is 1. The maximum atomic E-state index is 13.4. The molecule has 5 rings (SSSR count). The van der Waals surface area contributed by atoms with E-state index in [4.69, 9.17) is 9.72 Å². The molecule has 2 bridgehead atoms. The number of carbonyl (C=O) groups excluding carboxylic acids is 1. The lowest BCUT2D eigenvalue weighted by molar-refractivity contribution is 0.100. The monoisotopic (exact) mass is 458 g/mol. The molecule has 1 atom stereocenters. The molecular formula is C26H30N6O2. The third-order valence-electron chi connectivity index (χ3n) is 6.35. The molecule has 0 unspecified atom stereocenters. The van der Waals surface area contributed by atoms with E-state index in [1.165, 1.54) is 5.56 Å². The third kappa shape index (κ3) is 4.04. The number of aromatic nitrogens is 3. The van der Waals surface area contributed by atoms with Gasteiger partial charge >= 0.3 is 0 Å². The lowest BCUT2D eigenvalue weighted by Gasteiger charge is -2.23. The van der Waals surface area contributed by atoms with E-state index >= 15 is 0 Å². The number of nitrogens with one attached hydrogen (secondary N) is 1. The lowest BCUT2D eigenvalue weighted by Crippen LogP contribution is -2.35. The minimum absolute atomic E-state index is 0.310. The van der Waals surface area contributed by atoms with Gasteiger partial charge in [0.1, 0.15) is 0 Å². The van der Waals surface area contributed by atoms with Crippen molar-refractivity contribution in [2.75, 3.05) is 23.4 Å². The highest BCUT2D eigenvalue weighted by molar-refractivity contribution is 6.19. The first-order chi connectivity index (χ1) is 16.3. The fraction of sp³-hybridized carbons (Fsp3) is 0.385. The van der Waals surface area contributed by atoms with E-state index in [1.54, 1.807) is 16.8 Å². The van der Waals surface area contributed by atoms with E-state index in [0.717, 1.165) is 47.7 Å². The molecule has 8 nitrogen and oxygen atoms in total. The standard InChI is InChI=1S/C26H30N6O2/c1-15-8-9-20-22(11-15)32-14-16(2)7-6-10-34-25-23(18(4)30-31(25)5)21-13-19(12-17(3)27-21)24(33)29-26(32)28-20/h8-9,11-13,16H,6-7,10,14H2,1-5H3,(H,28,29,33)/t16-/m1/s1. The van der Waals surface area contributed by atoms with E-state index in [2.05, 4.69) is 46.3 Å². The SMILES string of the molecule is Cc1ccc2c(c1)N1C[C@H](C)CCCOc3c(c(C)nn3C)-c3cc(cc(C)n3)C(=O)/N=C/1N2. The van der Waals surface area contributed by atoms with Crippen LogP contribution >= 0.6 is 0 Å². The van der Waals surface area contributed by atoms with Crippen LogP contribution in [0.1, 0.15) is 47.1 Å². The molecule has 0 aliphatic carbocycles. The summed E-state index contributed by atoms with van der Waals surface area (Å²) in [7, 11) is 1.87. The van der Waals surface area contributed by atoms with E-state index in [0.29, 0.717) is 35.6 Å². The molecule has 0 saturated carbocycles. The number of anilines is 2. The molecule has 1 N–H and O–H groups in total. The van der Waals surface area contributed by atoms with Crippen molar-refractivity contribution in [3.05, 3.63) is 52.8 Å². The Morgan fingerprint density at radius 2 is 1.97 bits per heavy atom. The molecule has 176 valence electrons. The van der Waals surface area contributed by atoms with Crippen LogP contribution in [0.2, 0.25) is 0 Å². The van der Waals surface area contributed by atoms with Gasteiger partial charge in [0.2, 0.25) is 11.8 Å². The smallest absolute Gasteiger partial charge is 0.280 e. The zero-order valence-corrected chi connectivity index (χ0v) is 20.3. The Morgan fingerprint density at radius 1 is 1.15 bits per heavy atom. The Morgan fingerprint density at radius 3 is 2.79 bits per heavy atom. The number of rotatable bonds is 0. The number of hydrogen-bond donors (Lipinski definition) is 1. The molecule has 2 aliphatic rings. The number of carbonyl (C=O) groups is 1. The zero-order valence-electron chi connectivity index (χ0n) is 20.3. The summed E-state index contributed by atoms with van der Waals surface area (Å²) in [6.45, 7) is 9.46. The molecule has 1 aromatic carbocycles. The van der Waals surface area contributed by atoms with E-state index in [1.807, 2.05) is 27.0 Å². The molecule has 2 aliphatic heterocycles.